The molecular formula is C18H20FNO5S2. The van der Waals surface area contributed by atoms with Crippen LogP contribution in [0.4, 0.5) is 9.39 Å². The molecule has 0 radical (unpaired) electrons. The van der Waals surface area contributed by atoms with Gasteiger partial charge in [0.2, 0.25) is 5.91 Å². The number of sulfone groups is 1. The van der Waals surface area contributed by atoms with Crippen LogP contribution in [0.5, 0.6) is 0 Å². The Kier molecular flexibility index (Phi) is 6.72. The maximum Gasteiger partial charge on any atom is 0.348 e. The van der Waals surface area contributed by atoms with Crippen LogP contribution >= 0.6 is 11.3 Å². The first-order valence-corrected chi connectivity index (χ1v) is 10.7. The molecule has 1 atom stereocenters. The number of nitrogens with one attached hydrogen (secondary N) is 1. The van der Waals surface area contributed by atoms with Gasteiger partial charge in [0.25, 0.3) is 0 Å². The second-order valence-corrected chi connectivity index (χ2v) is 9.06. The maximum absolute atomic E-state index is 13.0. The summed E-state index contributed by atoms with van der Waals surface area (Å²) in [5.74, 6) is -2.75. The lowest BCUT2D eigenvalue weighted by molar-refractivity contribution is -0.118. The summed E-state index contributed by atoms with van der Waals surface area (Å²) in [7, 11) is -3.74. The molecule has 2 rings (SSSR count). The number of aryl methyl sites for hydroxylation is 1. The van der Waals surface area contributed by atoms with Gasteiger partial charge in [-0.05, 0) is 49.7 Å². The van der Waals surface area contributed by atoms with E-state index < -0.39 is 39.2 Å². The molecule has 0 fully saturated rings. The fourth-order valence-corrected chi connectivity index (χ4v) is 4.85. The lowest BCUT2D eigenvalue weighted by Crippen LogP contribution is -2.26. The minimum Gasteiger partial charge on any atom is -0.462 e. The number of hydrogen-bond donors (Lipinski definition) is 1. The standard InChI is InChI=1S/C18H20FNO5S2/c1-4-25-18(22)16-11(2)9-15(26-16)20-17(21)12(3)10-27(23,24)14-7-5-13(19)6-8-14/h5-9,12H,4,10H2,1-3H3,(H,20,21)/t12-/m0/s1. The zero-order valence-electron chi connectivity index (χ0n) is 15.1. The number of ether oxygens (including phenoxy) is 1. The number of amides is 1. The molecule has 0 saturated carbocycles. The zero-order chi connectivity index (χ0) is 20.2. The lowest BCUT2D eigenvalue weighted by atomic mass is 10.2. The lowest BCUT2D eigenvalue weighted by Gasteiger charge is -2.12. The van der Waals surface area contributed by atoms with E-state index in [4.69, 9.17) is 4.74 Å². The van der Waals surface area contributed by atoms with Gasteiger partial charge in [-0.15, -0.1) is 11.3 Å². The minimum atomic E-state index is -3.74. The van der Waals surface area contributed by atoms with Crippen molar-refractivity contribution in [1.29, 1.82) is 0 Å². The number of carbonyl (C=O) groups excluding carboxylic acids is 2. The Morgan fingerprint density at radius 1 is 1.26 bits per heavy atom. The molecule has 1 amide bonds. The average Bonchev–Trinajstić information content (AvgIpc) is 2.95. The van der Waals surface area contributed by atoms with Crippen LogP contribution < -0.4 is 5.32 Å². The normalized spacial score (nSPS) is 12.4. The van der Waals surface area contributed by atoms with Crippen molar-refractivity contribution in [2.45, 2.75) is 25.7 Å². The number of rotatable bonds is 7. The number of hydrogen-bond acceptors (Lipinski definition) is 6. The molecular weight excluding hydrogens is 393 g/mol. The number of esters is 1. The summed E-state index contributed by atoms with van der Waals surface area (Å²) in [5, 5.41) is 3.07. The Bertz CT molecular complexity index is 935. The van der Waals surface area contributed by atoms with Crippen LogP contribution in [0, 0.1) is 18.7 Å². The van der Waals surface area contributed by atoms with E-state index in [1.165, 1.54) is 19.1 Å². The van der Waals surface area contributed by atoms with E-state index in [2.05, 4.69) is 5.32 Å². The summed E-state index contributed by atoms with van der Waals surface area (Å²) >= 11 is 1.07. The Labute approximate surface area is 161 Å². The van der Waals surface area contributed by atoms with Gasteiger partial charge in [-0.1, -0.05) is 6.92 Å². The molecule has 1 heterocycles. The van der Waals surface area contributed by atoms with Gasteiger partial charge in [-0.25, -0.2) is 17.6 Å². The zero-order valence-corrected chi connectivity index (χ0v) is 16.7. The third kappa shape index (κ3) is 5.36. The van der Waals surface area contributed by atoms with Gasteiger partial charge in [0.05, 0.1) is 22.3 Å². The molecule has 1 aromatic heterocycles. The molecule has 27 heavy (non-hydrogen) atoms. The second-order valence-electron chi connectivity index (χ2n) is 5.97. The van der Waals surface area contributed by atoms with E-state index in [0.29, 0.717) is 15.4 Å². The van der Waals surface area contributed by atoms with E-state index in [-0.39, 0.29) is 11.5 Å². The maximum atomic E-state index is 13.0. The van der Waals surface area contributed by atoms with E-state index >= 15 is 0 Å². The summed E-state index contributed by atoms with van der Waals surface area (Å²) in [6.07, 6.45) is 0. The molecule has 0 saturated heterocycles. The number of carbonyl (C=O) groups is 2. The van der Waals surface area contributed by atoms with E-state index in [1.54, 1.807) is 19.9 Å². The van der Waals surface area contributed by atoms with Crippen molar-refractivity contribution in [3.8, 4) is 0 Å². The largest absolute Gasteiger partial charge is 0.462 e. The van der Waals surface area contributed by atoms with Crippen LogP contribution in [-0.4, -0.2) is 32.7 Å². The van der Waals surface area contributed by atoms with Crippen LogP contribution in [0.3, 0.4) is 0 Å². The molecule has 0 aliphatic rings. The fourth-order valence-electron chi connectivity index (χ4n) is 2.33. The van der Waals surface area contributed by atoms with E-state index in [1.807, 2.05) is 0 Å². The summed E-state index contributed by atoms with van der Waals surface area (Å²) in [5.41, 5.74) is 0.667. The van der Waals surface area contributed by atoms with Gasteiger partial charge in [0.15, 0.2) is 9.84 Å². The van der Waals surface area contributed by atoms with Crippen molar-refractivity contribution >= 4 is 38.1 Å². The topological polar surface area (TPSA) is 89.5 Å². The number of halogens is 1. The summed E-state index contributed by atoms with van der Waals surface area (Å²) in [6, 6.07) is 6.09. The van der Waals surface area contributed by atoms with E-state index in [9.17, 15) is 22.4 Å². The first-order chi connectivity index (χ1) is 12.6. The molecule has 0 aliphatic carbocycles. The molecule has 0 bridgehead atoms. The smallest absolute Gasteiger partial charge is 0.348 e. The highest BCUT2D eigenvalue weighted by Crippen LogP contribution is 2.28. The van der Waals surface area contributed by atoms with Crippen LogP contribution in [-0.2, 0) is 19.4 Å². The Hall–Kier alpha value is -2.26. The Balaban J connectivity index is 2.06. The predicted octanol–water partition coefficient (Wildman–Crippen LogP) is 3.42. The van der Waals surface area contributed by atoms with Crippen molar-refractivity contribution < 1.29 is 27.1 Å². The highest BCUT2D eigenvalue weighted by molar-refractivity contribution is 7.91. The van der Waals surface area contributed by atoms with E-state index in [0.717, 1.165) is 23.5 Å². The highest BCUT2D eigenvalue weighted by atomic mass is 32.2. The monoisotopic (exact) mass is 413 g/mol. The average molecular weight is 413 g/mol. The van der Waals surface area contributed by atoms with Crippen LogP contribution in [0.1, 0.15) is 29.1 Å². The third-order valence-corrected chi connectivity index (χ3v) is 6.78. The van der Waals surface area contributed by atoms with Gasteiger partial charge < -0.3 is 10.1 Å². The van der Waals surface area contributed by atoms with Crippen molar-refractivity contribution in [2.75, 3.05) is 17.7 Å². The van der Waals surface area contributed by atoms with Gasteiger partial charge in [0, 0.05) is 5.92 Å². The van der Waals surface area contributed by atoms with Gasteiger partial charge in [0.1, 0.15) is 10.7 Å². The summed E-state index contributed by atoms with van der Waals surface area (Å²) in [6.45, 7) is 5.16. The van der Waals surface area contributed by atoms with Crippen molar-refractivity contribution in [2.24, 2.45) is 5.92 Å². The molecule has 9 heteroatoms. The number of anilines is 1. The Morgan fingerprint density at radius 3 is 2.48 bits per heavy atom. The van der Waals surface area contributed by atoms with Crippen molar-refractivity contribution in [3.05, 3.63) is 46.6 Å². The highest BCUT2D eigenvalue weighted by Gasteiger charge is 2.24. The Morgan fingerprint density at radius 2 is 1.89 bits per heavy atom. The quantitative estimate of drug-likeness (QED) is 0.555. The SMILES string of the molecule is CCOC(=O)c1sc(NC(=O)[C@@H](C)CS(=O)(=O)c2ccc(F)cc2)cc1C. The van der Waals surface area contributed by atoms with Crippen LogP contribution in [0.2, 0.25) is 0 Å². The molecule has 146 valence electrons. The van der Waals surface area contributed by atoms with Crippen LogP contribution in [0.25, 0.3) is 0 Å². The number of thiophene rings is 1. The first kappa shape index (κ1) is 21.0. The van der Waals surface area contributed by atoms with Crippen molar-refractivity contribution in [1.82, 2.24) is 0 Å². The molecule has 0 aliphatic heterocycles. The predicted molar refractivity (Wildman–Crippen MR) is 101 cm³/mol. The second kappa shape index (κ2) is 8.62. The van der Waals surface area contributed by atoms with Crippen LogP contribution in [0.15, 0.2) is 35.2 Å². The molecule has 0 spiro atoms. The van der Waals surface area contributed by atoms with Gasteiger partial charge >= 0.3 is 5.97 Å². The molecule has 1 aromatic carbocycles. The van der Waals surface area contributed by atoms with Gasteiger partial charge in [-0.2, -0.15) is 0 Å². The third-order valence-electron chi connectivity index (χ3n) is 3.71. The summed E-state index contributed by atoms with van der Waals surface area (Å²) < 4.78 is 42.6. The molecule has 2 aromatic rings. The van der Waals surface area contributed by atoms with Gasteiger partial charge in [-0.3, -0.25) is 4.79 Å². The fraction of sp³-hybridized carbons (Fsp3) is 0.333. The molecule has 0 unspecified atom stereocenters. The molecule has 1 N–H and O–H groups in total. The molecule has 6 nitrogen and oxygen atoms in total. The summed E-state index contributed by atoms with van der Waals surface area (Å²) in [4.78, 5) is 24.5. The first-order valence-electron chi connectivity index (χ1n) is 8.20. The minimum absolute atomic E-state index is 0.0416. The van der Waals surface area contributed by atoms with Crippen molar-refractivity contribution in [3.63, 3.8) is 0 Å². The number of benzene rings is 1.